The van der Waals surface area contributed by atoms with Gasteiger partial charge in [-0.15, -0.1) is 0 Å². The first-order valence-corrected chi connectivity index (χ1v) is 8.87. The Kier molecular flexibility index (Phi) is 3.86. The van der Waals surface area contributed by atoms with Gasteiger partial charge in [0.2, 0.25) is 0 Å². The van der Waals surface area contributed by atoms with Crippen molar-refractivity contribution in [3.8, 4) is 16.9 Å². The van der Waals surface area contributed by atoms with E-state index in [-0.39, 0.29) is 0 Å². The van der Waals surface area contributed by atoms with Gasteiger partial charge in [-0.25, -0.2) is 0 Å². The molecule has 1 aliphatic heterocycles. The molecule has 23 heavy (non-hydrogen) atoms. The predicted octanol–water partition coefficient (Wildman–Crippen LogP) is 4.40. The van der Waals surface area contributed by atoms with E-state index in [9.17, 15) is 5.11 Å². The summed E-state index contributed by atoms with van der Waals surface area (Å²) in [4.78, 5) is 2.73. The van der Waals surface area contributed by atoms with Crippen LogP contribution in [0.25, 0.3) is 11.1 Å². The smallest absolute Gasteiger partial charge is 0.116 e. The summed E-state index contributed by atoms with van der Waals surface area (Å²) in [5.41, 5.74) is 5.33. The van der Waals surface area contributed by atoms with Gasteiger partial charge in [-0.3, -0.25) is 4.90 Å². The molecule has 0 aromatic heterocycles. The second-order valence-corrected chi connectivity index (χ2v) is 7.16. The Morgan fingerprint density at radius 2 is 1.87 bits per heavy atom. The molecule has 0 spiro atoms. The number of hydrogen-bond donors (Lipinski definition) is 1. The second kappa shape index (κ2) is 6.01. The van der Waals surface area contributed by atoms with Crippen LogP contribution in [-0.4, -0.2) is 28.6 Å². The van der Waals surface area contributed by atoms with Gasteiger partial charge in [-0.2, -0.15) is 0 Å². The molecule has 2 nitrogen and oxygen atoms in total. The lowest BCUT2D eigenvalue weighted by atomic mass is 9.85. The van der Waals surface area contributed by atoms with E-state index in [0.29, 0.717) is 5.75 Å². The number of nitrogens with zero attached hydrogens (tertiary/aromatic N) is 1. The van der Waals surface area contributed by atoms with Crippen molar-refractivity contribution < 1.29 is 5.11 Å². The molecule has 4 rings (SSSR count). The van der Waals surface area contributed by atoms with Crippen molar-refractivity contribution in [2.75, 3.05) is 6.54 Å². The van der Waals surface area contributed by atoms with E-state index in [4.69, 9.17) is 0 Å². The first-order valence-electron chi connectivity index (χ1n) is 8.87. The molecule has 1 N–H and O–H groups in total. The number of benzene rings is 2. The van der Waals surface area contributed by atoms with Gasteiger partial charge in [0.15, 0.2) is 0 Å². The van der Waals surface area contributed by atoms with Crippen LogP contribution in [0.5, 0.6) is 5.75 Å². The van der Waals surface area contributed by atoms with Gasteiger partial charge in [0.1, 0.15) is 5.75 Å². The van der Waals surface area contributed by atoms with Crippen molar-refractivity contribution in [2.24, 2.45) is 0 Å². The second-order valence-electron chi connectivity index (χ2n) is 7.16. The third kappa shape index (κ3) is 2.88. The minimum Gasteiger partial charge on any atom is -0.508 e. The van der Waals surface area contributed by atoms with Gasteiger partial charge in [0.25, 0.3) is 0 Å². The van der Waals surface area contributed by atoms with Crippen molar-refractivity contribution in [1.29, 1.82) is 0 Å². The summed E-state index contributed by atoms with van der Waals surface area (Å²) in [6.07, 6.45) is 6.37. The number of phenolic OH excluding ortho intramolecular Hbond substituents is 1. The summed E-state index contributed by atoms with van der Waals surface area (Å²) in [5, 5.41) is 9.69. The van der Waals surface area contributed by atoms with Crippen LogP contribution >= 0.6 is 0 Å². The summed E-state index contributed by atoms with van der Waals surface area (Å²) in [6.45, 7) is 3.66. The van der Waals surface area contributed by atoms with Crippen LogP contribution < -0.4 is 0 Å². The minimum atomic E-state index is 0.336. The van der Waals surface area contributed by atoms with Crippen LogP contribution in [0.3, 0.4) is 0 Å². The fourth-order valence-electron chi connectivity index (χ4n) is 4.38. The van der Waals surface area contributed by atoms with Crippen molar-refractivity contribution >= 4 is 0 Å². The molecule has 1 heterocycles. The van der Waals surface area contributed by atoms with E-state index < -0.39 is 0 Å². The molecule has 1 aliphatic carbocycles. The number of aryl methyl sites for hydroxylation is 1. The van der Waals surface area contributed by atoms with Crippen molar-refractivity contribution in [2.45, 2.75) is 51.1 Å². The monoisotopic (exact) mass is 307 g/mol. The predicted molar refractivity (Wildman–Crippen MR) is 94.8 cm³/mol. The average molecular weight is 307 g/mol. The zero-order valence-corrected chi connectivity index (χ0v) is 13.8. The number of fused-ring (bicyclic) bond motifs is 1. The van der Waals surface area contributed by atoms with Crippen molar-refractivity contribution in [3.05, 3.63) is 53.6 Å². The third-order valence-electron chi connectivity index (χ3n) is 5.66. The van der Waals surface area contributed by atoms with Crippen molar-refractivity contribution in [1.82, 2.24) is 4.90 Å². The van der Waals surface area contributed by atoms with E-state index in [1.807, 2.05) is 12.1 Å². The Balaban J connectivity index is 1.57. The highest BCUT2D eigenvalue weighted by Gasteiger charge is 2.30. The molecule has 0 bridgehead atoms. The molecule has 120 valence electrons. The van der Waals surface area contributed by atoms with Gasteiger partial charge >= 0.3 is 0 Å². The largest absolute Gasteiger partial charge is 0.508 e. The highest BCUT2D eigenvalue weighted by Crippen LogP contribution is 2.32. The van der Waals surface area contributed by atoms with E-state index in [0.717, 1.165) is 17.6 Å². The fourth-order valence-corrected chi connectivity index (χ4v) is 4.38. The lowest BCUT2D eigenvalue weighted by Crippen LogP contribution is -2.41. The average Bonchev–Trinajstić information content (AvgIpc) is 3.00. The SMILES string of the molecule is CC1CCCN1C1CCc2cc(-c3cccc(O)c3)ccc2C1. The number of rotatable bonds is 2. The van der Waals surface area contributed by atoms with Crippen LogP contribution in [0, 0.1) is 0 Å². The van der Waals surface area contributed by atoms with Crippen LogP contribution in [-0.2, 0) is 12.8 Å². The van der Waals surface area contributed by atoms with Gasteiger partial charge < -0.3 is 5.11 Å². The molecule has 2 atom stereocenters. The zero-order chi connectivity index (χ0) is 15.8. The van der Waals surface area contributed by atoms with Crippen LogP contribution in [0.4, 0.5) is 0 Å². The number of aromatic hydroxyl groups is 1. The molecule has 0 saturated carbocycles. The van der Waals surface area contributed by atoms with Gasteiger partial charge in [-0.05, 0) is 80.0 Å². The molecule has 2 aliphatic rings. The standard InChI is InChI=1S/C21H25NO/c1-15-4-3-11-22(15)20-10-9-18-12-17(7-8-19(18)13-20)16-5-2-6-21(23)14-16/h2,5-8,12,14-15,20,23H,3-4,9-11,13H2,1H3. The highest BCUT2D eigenvalue weighted by atomic mass is 16.3. The summed E-state index contributed by atoms with van der Waals surface area (Å²) < 4.78 is 0. The number of phenols is 1. The van der Waals surface area contributed by atoms with Crippen LogP contribution in [0.15, 0.2) is 42.5 Å². The molecule has 1 saturated heterocycles. The lowest BCUT2D eigenvalue weighted by Gasteiger charge is -2.35. The van der Waals surface area contributed by atoms with Gasteiger partial charge in [0, 0.05) is 12.1 Å². The maximum atomic E-state index is 9.69. The highest BCUT2D eigenvalue weighted by molar-refractivity contribution is 5.66. The summed E-state index contributed by atoms with van der Waals surface area (Å²) in [6, 6.07) is 15.9. The fraction of sp³-hybridized carbons (Fsp3) is 0.429. The molecule has 1 fully saturated rings. The van der Waals surface area contributed by atoms with E-state index in [2.05, 4.69) is 36.1 Å². The first kappa shape index (κ1) is 14.8. The molecule has 2 aromatic rings. The zero-order valence-electron chi connectivity index (χ0n) is 13.8. The Morgan fingerprint density at radius 1 is 1.00 bits per heavy atom. The Morgan fingerprint density at radius 3 is 2.65 bits per heavy atom. The molecular weight excluding hydrogens is 282 g/mol. The third-order valence-corrected chi connectivity index (χ3v) is 5.66. The van der Waals surface area contributed by atoms with Crippen LogP contribution in [0.1, 0.15) is 37.3 Å². The molecule has 0 amide bonds. The summed E-state index contributed by atoms with van der Waals surface area (Å²) in [5.74, 6) is 0.336. The normalized spacial score (nSPS) is 24.6. The van der Waals surface area contributed by atoms with E-state index in [1.165, 1.54) is 55.3 Å². The molecule has 2 aromatic carbocycles. The molecule has 2 unspecified atom stereocenters. The van der Waals surface area contributed by atoms with E-state index in [1.54, 1.807) is 6.07 Å². The Hall–Kier alpha value is -1.80. The Labute approximate surface area is 138 Å². The number of likely N-dealkylation sites (tertiary alicyclic amines) is 1. The quantitative estimate of drug-likeness (QED) is 0.889. The lowest BCUT2D eigenvalue weighted by molar-refractivity contribution is 0.174. The Bertz CT molecular complexity index is 709. The minimum absolute atomic E-state index is 0.336. The molecule has 0 radical (unpaired) electrons. The number of hydrogen-bond acceptors (Lipinski definition) is 2. The van der Waals surface area contributed by atoms with Gasteiger partial charge in [0.05, 0.1) is 0 Å². The molecule has 2 heteroatoms. The van der Waals surface area contributed by atoms with Crippen LogP contribution in [0.2, 0.25) is 0 Å². The van der Waals surface area contributed by atoms with Crippen molar-refractivity contribution in [3.63, 3.8) is 0 Å². The topological polar surface area (TPSA) is 23.5 Å². The van der Waals surface area contributed by atoms with Gasteiger partial charge in [-0.1, -0.05) is 30.3 Å². The summed E-state index contributed by atoms with van der Waals surface area (Å²) in [7, 11) is 0. The summed E-state index contributed by atoms with van der Waals surface area (Å²) >= 11 is 0. The maximum absolute atomic E-state index is 9.69. The molecular formula is C21H25NO. The first-order chi connectivity index (χ1) is 11.2. The van der Waals surface area contributed by atoms with E-state index >= 15 is 0 Å². The maximum Gasteiger partial charge on any atom is 0.116 e.